The Kier molecular flexibility index (Phi) is 7.88. The van der Waals surface area contributed by atoms with E-state index in [0.29, 0.717) is 6.61 Å². The van der Waals surface area contributed by atoms with Gasteiger partial charge in [-0.3, -0.25) is 4.99 Å². The highest BCUT2D eigenvalue weighted by Crippen LogP contribution is 2.21. The number of halogens is 2. The Bertz CT molecular complexity index is 320. The van der Waals surface area contributed by atoms with Gasteiger partial charge in [0.2, 0.25) is 0 Å². The summed E-state index contributed by atoms with van der Waals surface area (Å²) in [6.07, 6.45) is 2.33. The second kappa shape index (κ2) is 8.64. The van der Waals surface area contributed by atoms with E-state index in [-0.39, 0.29) is 19.1 Å². The zero-order valence-corrected chi connectivity index (χ0v) is 10.2. The molecule has 0 saturated heterocycles. The van der Waals surface area contributed by atoms with Crippen molar-refractivity contribution in [3.63, 3.8) is 0 Å². The molecule has 0 N–H and O–H groups in total. The molecule has 3 nitrogen and oxygen atoms in total. The first-order valence-corrected chi connectivity index (χ1v) is 5.18. The first-order valence-electron chi connectivity index (χ1n) is 5.18. The van der Waals surface area contributed by atoms with Crippen molar-refractivity contribution >= 4 is 6.72 Å². The number of nitrogens with zero attached hydrogens (tertiary/aromatic N) is 2. The molecular formula is C12H18F2N2O. The fraction of sp³-hybridized carbons (Fsp3) is 0.417. The molecule has 0 saturated carbocycles. The van der Waals surface area contributed by atoms with Crippen LogP contribution in [-0.4, -0.2) is 31.6 Å². The molecule has 0 aliphatic rings. The fourth-order valence-electron chi connectivity index (χ4n) is 1.21. The van der Waals surface area contributed by atoms with Crippen LogP contribution in [0.1, 0.15) is 13.8 Å². The largest absolute Gasteiger partial charge is 0.361 e. The van der Waals surface area contributed by atoms with Gasteiger partial charge in [0.25, 0.3) is 0 Å². The van der Waals surface area contributed by atoms with Crippen molar-refractivity contribution in [3.8, 4) is 0 Å². The van der Waals surface area contributed by atoms with E-state index >= 15 is 0 Å². The summed E-state index contributed by atoms with van der Waals surface area (Å²) < 4.78 is 32.1. The predicted octanol–water partition coefficient (Wildman–Crippen LogP) is 3.18. The Balaban J connectivity index is 5.10. The molecule has 0 fully saturated rings. The molecular weight excluding hydrogens is 226 g/mol. The van der Waals surface area contributed by atoms with Crippen LogP contribution in [0.25, 0.3) is 0 Å². The second-order valence-corrected chi connectivity index (χ2v) is 3.16. The van der Waals surface area contributed by atoms with Gasteiger partial charge >= 0.3 is 0 Å². The van der Waals surface area contributed by atoms with Gasteiger partial charge in [-0.1, -0.05) is 12.7 Å². The lowest BCUT2D eigenvalue weighted by Crippen LogP contribution is -2.27. The maximum absolute atomic E-state index is 13.7. The van der Waals surface area contributed by atoms with Crippen molar-refractivity contribution < 1.29 is 13.5 Å². The Hall–Kier alpha value is -1.49. The van der Waals surface area contributed by atoms with Crippen LogP contribution >= 0.6 is 0 Å². The number of hydrogen-bond donors (Lipinski definition) is 0. The van der Waals surface area contributed by atoms with Crippen LogP contribution in [0.5, 0.6) is 0 Å². The standard InChI is InChI=1S/C12H18F2N2O/c1-5-7-11(14)12(10(3)13)16(8-15-4)9-17-6-2/h5,7H,1,4,6,8-9H2,2-3H3/b11-7+,12-10-. The number of rotatable bonds is 8. The Morgan fingerprint density at radius 2 is 2.12 bits per heavy atom. The molecule has 0 aliphatic carbocycles. The molecule has 96 valence electrons. The van der Waals surface area contributed by atoms with Crippen molar-refractivity contribution in [1.82, 2.24) is 4.90 Å². The van der Waals surface area contributed by atoms with Gasteiger partial charge in [-0.25, -0.2) is 8.78 Å². The Morgan fingerprint density at radius 3 is 2.53 bits per heavy atom. The molecule has 5 heteroatoms. The molecule has 0 aromatic carbocycles. The molecule has 0 aliphatic heterocycles. The van der Waals surface area contributed by atoms with Crippen molar-refractivity contribution in [3.05, 3.63) is 36.1 Å². The molecule has 0 amide bonds. The van der Waals surface area contributed by atoms with Gasteiger partial charge in [0.05, 0.1) is 0 Å². The molecule has 0 atom stereocenters. The fourth-order valence-corrected chi connectivity index (χ4v) is 1.21. The van der Waals surface area contributed by atoms with E-state index in [1.807, 2.05) is 0 Å². The molecule has 17 heavy (non-hydrogen) atoms. The number of aliphatic imine (C=N–C) groups is 1. The lowest BCUT2D eigenvalue weighted by atomic mass is 10.3. The van der Waals surface area contributed by atoms with E-state index in [0.717, 1.165) is 6.08 Å². The third-order valence-corrected chi connectivity index (χ3v) is 1.85. The molecule has 0 radical (unpaired) electrons. The van der Waals surface area contributed by atoms with Gasteiger partial charge in [-0.05, 0) is 26.6 Å². The summed E-state index contributed by atoms with van der Waals surface area (Å²) in [5.74, 6) is -1.37. The van der Waals surface area contributed by atoms with Crippen LogP contribution in [0.4, 0.5) is 8.78 Å². The van der Waals surface area contributed by atoms with E-state index in [1.165, 1.54) is 17.9 Å². The van der Waals surface area contributed by atoms with Crippen LogP contribution in [0.15, 0.2) is 41.1 Å². The van der Waals surface area contributed by atoms with Gasteiger partial charge < -0.3 is 9.64 Å². The van der Waals surface area contributed by atoms with E-state index in [2.05, 4.69) is 18.3 Å². The average Bonchev–Trinajstić information content (AvgIpc) is 2.26. The summed E-state index contributed by atoms with van der Waals surface area (Å²) in [7, 11) is 0. The SMILES string of the molecule is C=C/C=C(F)\C(=C(/C)F)N(CN=C)COCC. The van der Waals surface area contributed by atoms with Gasteiger partial charge in [0.1, 0.15) is 30.8 Å². The zero-order valence-electron chi connectivity index (χ0n) is 10.2. The normalized spacial score (nSPS) is 13.1. The van der Waals surface area contributed by atoms with Crippen LogP contribution in [-0.2, 0) is 4.74 Å². The van der Waals surface area contributed by atoms with Crippen molar-refractivity contribution in [1.29, 1.82) is 0 Å². The summed E-state index contributed by atoms with van der Waals surface area (Å²) in [6, 6.07) is 0. The quantitative estimate of drug-likeness (QED) is 0.372. The van der Waals surface area contributed by atoms with Crippen LogP contribution < -0.4 is 0 Å². The van der Waals surface area contributed by atoms with Crippen molar-refractivity contribution in [2.45, 2.75) is 13.8 Å². The lowest BCUT2D eigenvalue weighted by molar-refractivity contribution is 0.0550. The molecule has 0 rings (SSSR count). The zero-order chi connectivity index (χ0) is 13.3. The van der Waals surface area contributed by atoms with E-state index < -0.39 is 11.7 Å². The summed E-state index contributed by atoms with van der Waals surface area (Å²) in [5.41, 5.74) is -0.189. The Morgan fingerprint density at radius 1 is 1.47 bits per heavy atom. The van der Waals surface area contributed by atoms with E-state index in [9.17, 15) is 8.78 Å². The summed E-state index contributed by atoms with van der Waals surface area (Å²) in [6.45, 7) is 10.2. The summed E-state index contributed by atoms with van der Waals surface area (Å²) in [4.78, 5) is 4.93. The number of allylic oxidation sites excluding steroid dienone is 4. The van der Waals surface area contributed by atoms with Gasteiger partial charge in [-0.15, -0.1) is 0 Å². The molecule has 0 aromatic heterocycles. The van der Waals surface area contributed by atoms with Crippen LogP contribution in [0, 0.1) is 0 Å². The van der Waals surface area contributed by atoms with Crippen LogP contribution in [0.2, 0.25) is 0 Å². The highest BCUT2D eigenvalue weighted by molar-refractivity contribution is 5.29. The number of ether oxygens (including phenoxy) is 1. The molecule has 0 aromatic rings. The monoisotopic (exact) mass is 244 g/mol. The molecule has 0 heterocycles. The highest BCUT2D eigenvalue weighted by atomic mass is 19.1. The first-order chi connectivity index (χ1) is 8.08. The van der Waals surface area contributed by atoms with Crippen LogP contribution in [0.3, 0.4) is 0 Å². The summed E-state index contributed by atoms with van der Waals surface area (Å²) in [5, 5.41) is 0. The topological polar surface area (TPSA) is 24.8 Å². The minimum atomic E-state index is -0.719. The molecule has 0 unspecified atom stereocenters. The predicted molar refractivity (Wildman–Crippen MR) is 65.9 cm³/mol. The smallest absolute Gasteiger partial charge is 0.149 e. The molecule has 0 spiro atoms. The third-order valence-electron chi connectivity index (χ3n) is 1.85. The van der Waals surface area contributed by atoms with E-state index in [4.69, 9.17) is 4.74 Å². The first kappa shape index (κ1) is 15.5. The van der Waals surface area contributed by atoms with E-state index in [1.54, 1.807) is 6.92 Å². The highest BCUT2D eigenvalue weighted by Gasteiger charge is 2.17. The maximum atomic E-state index is 13.7. The minimum absolute atomic E-state index is 0.0461. The maximum Gasteiger partial charge on any atom is 0.149 e. The molecule has 0 bridgehead atoms. The average molecular weight is 244 g/mol. The van der Waals surface area contributed by atoms with Gasteiger partial charge in [0, 0.05) is 6.61 Å². The lowest BCUT2D eigenvalue weighted by Gasteiger charge is -2.24. The van der Waals surface area contributed by atoms with Crippen molar-refractivity contribution in [2.75, 3.05) is 20.0 Å². The number of hydrogen-bond acceptors (Lipinski definition) is 3. The van der Waals surface area contributed by atoms with Gasteiger partial charge in [0.15, 0.2) is 0 Å². The second-order valence-electron chi connectivity index (χ2n) is 3.16. The Labute approximate surface area is 101 Å². The minimum Gasteiger partial charge on any atom is -0.361 e. The third kappa shape index (κ3) is 5.40. The summed E-state index contributed by atoms with van der Waals surface area (Å²) >= 11 is 0. The van der Waals surface area contributed by atoms with Crippen molar-refractivity contribution in [2.24, 2.45) is 4.99 Å². The van der Waals surface area contributed by atoms with Gasteiger partial charge in [-0.2, -0.15) is 0 Å².